The van der Waals surface area contributed by atoms with Crippen molar-refractivity contribution in [2.75, 3.05) is 11.5 Å². The minimum atomic E-state index is 0.757. The summed E-state index contributed by atoms with van der Waals surface area (Å²) in [6.45, 7) is 2.26. The van der Waals surface area contributed by atoms with Crippen molar-refractivity contribution in [1.82, 2.24) is 0 Å². The molecule has 1 aliphatic rings. The van der Waals surface area contributed by atoms with Crippen LogP contribution in [0.25, 0.3) is 0 Å². The average molecular weight is 224 g/mol. The van der Waals surface area contributed by atoms with Gasteiger partial charge in [-0.15, -0.1) is 11.8 Å². The molecular formula is C12H16S2. The molecule has 0 spiro atoms. The van der Waals surface area contributed by atoms with Crippen LogP contribution in [-0.4, -0.2) is 11.5 Å². The maximum absolute atomic E-state index is 2.30. The Morgan fingerprint density at radius 2 is 2.29 bits per heavy atom. The minimum Gasteiger partial charge on any atom is -0.154 e. The van der Waals surface area contributed by atoms with Crippen LogP contribution < -0.4 is 0 Å². The SMILES string of the molecule is CCCSC1CCSc2ccccc21. The molecule has 0 radical (unpaired) electrons. The van der Waals surface area contributed by atoms with Crippen molar-refractivity contribution in [3.8, 4) is 0 Å². The highest BCUT2D eigenvalue weighted by atomic mass is 32.2. The highest BCUT2D eigenvalue weighted by Crippen LogP contribution is 2.43. The minimum absolute atomic E-state index is 0.757. The third-order valence-electron chi connectivity index (χ3n) is 2.43. The fourth-order valence-electron chi connectivity index (χ4n) is 1.74. The zero-order valence-corrected chi connectivity index (χ0v) is 10.2. The summed E-state index contributed by atoms with van der Waals surface area (Å²) in [7, 11) is 0. The Hall–Kier alpha value is -0.0800. The van der Waals surface area contributed by atoms with Gasteiger partial charge in [0.2, 0.25) is 0 Å². The molecule has 1 unspecified atom stereocenters. The van der Waals surface area contributed by atoms with Crippen LogP contribution in [0.2, 0.25) is 0 Å². The third-order valence-corrected chi connectivity index (χ3v) is 5.09. The van der Waals surface area contributed by atoms with Crippen molar-refractivity contribution in [2.24, 2.45) is 0 Å². The molecule has 0 saturated heterocycles. The first kappa shape index (κ1) is 10.4. The highest BCUT2D eigenvalue weighted by molar-refractivity contribution is 8.01. The van der Waals surface area contributed by atoms with Crippen LogP contribution >= 0.6 is 23.5 Å². The van der Waals surface area contributed by atoms with Gasteiger partial charge in [-0.2, -0.15) is 11.8 Å². The van der Waals surface area contributed by atoms with Crippen LogP contribution in [0.4, 0.5) is 0 Å². The summed E-state index contributed by atoms with van der Waals surface area (Å²) < 4.78 is 0. The zero-order valence-electron chi connectivity index (χ0n) is 8.53. The molecule has 0 aromatic heterocycles. The van der Waals surface area contributed by atoms with E-state index in [1.807, 2.05) is 11.8 Å². The van der Waals surface area contributed by atoms with E-state index in [1.54, 1.807) is 5.56 Å². The molecule has 1 atom stereocenters. The summed E-state index contributed by atoms with van der Waals surface area (Å²) in [6.07, 6.45) is 2.63. The summed E-state index contributed by atoms with van der Waals surface area (Å²) >= 11 is 4.14. The first-order valence-corrected chi connectivity index (χ1v) is 7.28. The van der Waals surface area contributed by atoms with Gasteiger partial charge in [-0.05, 0) is 36.0 Å². The van der Waals surface area contributed by atoms with E-state index < -0.39 is 0 Å². The van der Waals surface area contributed by atoms with E-state index in [4.69, 9.17) is 0 Å². The number of hydrogen-bond acceptors (Lipinski definition) is 2. The second-order valence-corrected chi connectivity index (χ2v) is 5.98. The van der Waals surface area contributed by atoms with Crippen molar-refractivity contribution in [3.05, 3.63) is 29.8 Å². The molecule has 1 aromatic rings. The number of fused-ring (bicyclic) bond motifs is 1. The maximum Gasteiger partial charge on any atom is 0.0316 e. The topological polar surface area (TPSA) is 0 Å². The van der Waals surface area contributed by atoms with Gasteiger partial charge >= 0.3 is 0 Å². The second-order valence-electron chi connectivity index (χ2n) is 3.53. The Kier molecular flexibility index (Phi) is 3.82. The van der Waals surface area contributed by atoms with Crippen LogP contribution in [0.3, 0.4) is 0 Å². The quantitative estimate of drug-likeness (QED) is 0.748. The Morgan fingerprint density at radius 1 is 1.43 bits per heavy atom. The van der Waals surface area contributed by atoms with E-state index in [1.165, 1.54) is 29.2 Å². The van der Waals surface area contributed by atoms with Crippen LogP contribution in [0.5, 0.6) is 0 Å². The second kappa shape index (κ2) is 5.13. The van der Waals surface area contributed by atoms with Gasteiger partial charge < -0.3 is 0 Å². The monoisotopic (exact) mass is 224 g/mol. The summed E-state index contributed by atoms with van der Waals surface area (Å²) in [4.78, 5) is 1.51. The first-order chi connectivity index (χ1) is 6.92. The van der Waals surface area contributed by atoms with Crippen molar-refractivity contribution in [2.45, 2.75) is 29.9 Å². The Labute approximate surface area is 94.9 Å². The first-order valence-electron chi connectivity index (χ1n) is 5.25. The lowest BCUT2D eigenvalue weighted by Crippen LogP contribution is -2.04. The fraction of sp³-hybridized carbons (Fsp3) is 0.500. The molecule has 1 heterocycles. The van der Waals surface area contributed by atoms with Crippen LogP contribution in [0.15, 0.2) is 29.2 Å². The molecule has 2 heteroatoms. The van der Waals surface area contributed by atoms with Crippen LogP contribution in [0, 0.1) is 0 Å². The van der Waals surface area contributed by atoms with Gasteiger partial charge in [0.1, 0.15) is 0 Å². The molecule has 14 heavy (non-hydrogen) atoms. The van der Waals surface area contributed by atoms with Crippen molar-refractivity contribution in [1.29, 1.82) is 0 Å². The Bertz CT molecular complexity index is 296. The molecule has 76 valence electrons. The predicted octanol–water partition coefficient (Wildman–Crippen LogP) is 4.37. The molecule has 0 N–H and O–H groups in total. The highest BCUT2D eigenvalue weighted by Gasteiger charge is 2.19. The summed E-state index contributed by atoms with van der Waals surface area (Å²) in [6, 6.07) is 8.89. The number of thioether (sulfide) groups is 2. The van der Waals surface area contributed by atoms with Crippen molar-refractivity contribution in [3.63, 3.8) is 0 Å². The van der Waals surface area contributed by atoms with Gasteiger partial charge in [-0.25, -0.2) is 0 Å². The lowest BCUT2D eigenvalue weighted by molar-refractivity contribution is 0.862. The molecule has 0 fully saturated rings. The average Bonchev–Trinajstić information content (AvgIpc) is 2.26. The molecule has 0 amide bonds. The Morgan fingerprint density at radius 3 is 3.14 bits per heavy atom. The predicted molar refractivity (Wildman–Crippen MR) is 67.3 cm³/mol. The summed E-state index contributed by atoms with van der Waals surface area (Å²) in [5, 5.41) is 0.757. The van der Waals surface area contributed by atoms with Crippen LogP contribution in [0.1, 0.15) is 30.6 Å². The van der Waals surface area contributed by atoms with E-state index >= 15 is 0 Å². The number of hydrogen-bond donors (Lipinski definition) is 0. The van der Waals surface area contributed by atoms with Crippen molar-refractivity contribution >= 4 is 23.5 Å². The number of rotatable bonds is 3. The van der Waals surface area contributed by atoms with Gasteiger partial charge in [0, 0.05) is 10.1 Å². The summed E-state index contributed by atoms with van der Waals surface area (Å²) in [5.41, 5.74) is 1.57. The fourth-order valence-corrected chi connectivity index (χ4v) is 4.28. The van der Waals surface area contributed by atoms with E-state index in [-0.39, 0.29) is 0 Å². The van der Waals surface area contributed by atoms with Crippen LogP contribution in [-0.2, 0) is 0 Å². The molecule has 0 aliphatic carbocycles. The lowest BCUT2D eigenvalue weighted by atomic mass is 10.1. The van der Waals surface area contributed by atoms with Crippen molar-refractivity contribution < 1.29 is 0 Å². The largest absolute Gasteiger partial charge is 0.154 e. The maximum atomic E-state index is 2.30. The molecule has 2 rings (SSSR count). The Balaban J connectivity index is 2.14. The van der Waals surface area contributed by atoms with Gasteiger partial charge in [0.15, 0.2) is 0 Å². The standard InChI is InChI=1S/C12H16S2/c1-2-8-13-12-7-9-14-11-6-4-3-5-10(11)12/h3-6,12H,2,7-9H2,1H3. The molecule has 0 bridgehead atoms. The van der Waals surface area contributed by atoms with Gasteiger partial charge in [0.25, 0.3) is 0 Å². The number of benzene rings is 1. The van der Waals surface area contributed by atoms with E-state index in [0.29, 0.717) is 0 Å². The normalized spacial score (nSPS) is 20.5. The van der Waals surface area contributed by atoms with E-state index in [2.05, 4.69) is 43.0 Å². The molecule has 0 nitrogen and oxygen atoms in total. The van der Waals surface area contributed by atoms with Gasteiger partial charge in [-0.3, -0.25) is 0 Å². The molecule has 0 saturated carbocycles. The lowest BCUT2D eigenvalue weighted by Gasteiger charge is -2.24. The van der Waals surface area contributed by atoms with E-state index in [9.17, 15) is 0 Å². The smallest absolute Gasteiger partial charge is 0.0316 e. The third kappa shape index (κ3) is 2.29. The van der Waals surface area contributed by atoms with Gasteiger partial charge in [0.05, 0.1) is 0 Å². The van der Waals surface area contributed by atoms with Gasteiger partial charge in [-0.1, -0.05) is 25.1 Å². The van der Waals surface area contributed by atoms with E-state index in [0.717, 1.165) is 5.25 Å². The molecular weight excluding hydrogens is 208 g/mol. The zero-order chi connectivity index (χ0) is 9.80. The molecule has 1 aliphatic heterocycles. The molecule has 1 aromatic carbocycles. The summed E-state index contributed by atoms with van der Waals surface area (Å²) in [5.74, 6) is 2.59.